The summed E-state index contributed by atoms with van der Waals surface area (Å²) in [5.74, 6) is -1.67. The molecule has 0 fully saturated rings. The summed E-state index contributed by atoms with van der Waals surface area (Å²) in [6.07, 6.45) is 1.95. The number of rotatable bonds is 3. The maximum atomic E-state index is 13.1. The molecule has 2 nitrogen and oxygen atoms in total. The Kier molecular flexibility index (Phi) is 3.67. The van der Waals surface area contributed by atoms with E-state index in [2.05, 4.69) is 0 Å². The predicted octanol–water partition coefficient (Wildman–Crippen LogP) is 3.91. The van der Waals surface area contributed by atoms with Gasteiger partial charge >= 0.3 is 5.97 Å². The molecule has 2 aromatic rings. The molecule has 0 spiro atoms. The molecule has 2 aromatic carbocycles. The van der Waals surface area contributed by atoms with Gasteiger partial charge in [0.25, 0.3) is 0 Å². The van der Waals surface area contributed by atoms with Gasteiger partial charge in [0.05, 0.1) is 5.56 Å². The maximum Gasteiger partial charge on any atom is 0.336 e. The van der Waals surface area contributed by atoms with Gasteiger partial charge in [-0.15, -0.1) is 11.8 Å². The third kappa shape index (κ3) is 2.54. The smallest absolute Gasteiger partial charge is 0.336 e. The molecule has 0 atom stereocenters. The van der Waals surface area contributed by atoms with Crippen LogP contribution in [0.1, 0.15) is 10.4 Å². The molecule has 0 aromatic heterocycles. The van der Waals surface area contributed by atoms with Gasteiger partial charge in [0.2, 0.25) is 0 Å². The van der Waals surface area contributed by atoms with Crippen LogP contribution in [0.5, 0.6) is 0 Å². The second-order valence-corrected chi connectivity index (χ2v) is 4.61. The summed E-state index contributed by atoms with van der Waals surface area (Å²) in [4.78, 5) is 12.2. The topological polar surface area (TPSA) is 37.3 Å². The van der Waals surface area contributed by atoms with Crippen molar-refractivity contribution in [3.63, 3.8) is 0 Å². The molecule has 92 valence electrons. The monoisotopic (exact) mass is 262 g/mol. The zero-order valence-electron chi connectivity index (χ0n) is 9.68. The van der Waals surface area contributed by atoms with Crippen LogP contribution in [0.4, 0.5) is 4.39 Å². The van der Waals surface area contributed by atoms with E-state index in [0.717, 1.165) is 16.5 Å². The summed E-state index contributed by atoms with van der Waals surface area (Å²) < 4.78 is 13.1. The molecule has 0 saturated carbocycles. The minimum atomic E-state index is -1.13. The highest BCUT2D eigenvalue weighted by Gasteiger charge is 2.13. The van der Waals surface area contributed by atoms with E-state index in [1.54, 1.807) is 11.8 Å². The van der Waals surface area contributed by atoms with Crippen molar-refractivity contribution in [3.05, 3.63) is 53.8 Å². The van der Waals surface area contributed by atoms with Gasteiger partial charge in [-0.05, 0) is 41.6 Å². The summed E-state index contributed by atoms with van der Waals surface area (Å²) in [7, 11) is 0. The van der Waals surface area contributed by atoms with E-state index in [1.165, 1.54) is 12.1 Å². The zero-order chi connectivity index (χ0) is 13.1. The average Bonchev–Trinajstić information content (AvgIpc) is 2.38. The molecule has 0 radical (unpaired) electrons. The van der Waals surface area contributed by atoms with Crippen molar-refractivity contribution in [1.82, 2.24) is 0 Å². The van der Waals surface area contributed by atoms with Gasteiger partial charge in [-0.3, -0.25) is 0 Å². The molecule has 0 bridgehead atoms. The first-order valence-corrected chi connectivity index (χ1v) is 6.51. The van der Waals surface area contributed by atoms with Gasteiger partial charge in [0, 0.05) is 4.90 Å². The van der Waals surface area contributed by atoms with Crippen molar-refractivity contribution in [1.29, 1.82) is 0 Å². The van der Waals surface area contributed by atoms with Crippen LogP contribution in [0.15, 0.2) is 47.4 Å². The Bertz CT molecular complexity index is 596. The third-order valence-corrected chi connectivity index (χ3v) is 3.32. The standard InChI is InChI=1S/C14H11FO2S/c1-18-11-4-2-3-9(7-11)12-6-5-10(15)8-13(12)14(16)17/h2-8H,1H3,(H,16,17). The van der Waals surface area contributed by atoms with E-state index < -0.39 is 11.8 Å². The highest BCUT2D eigenvalue weighted by Crippen LogP contribution is 2.27. The van der Waals surface area contributed by atoms with E-state index in [1.807, 2.05) is 30.5 Å². The average molecular weight is 262 g/mol. The van der Waals surface area contributed by atoms with Crippen molar-refractivity contribution in [2.45, 2.75) is 4.90 Å². The molecular weight excluding hydrogens is 251 g/mol. The van der Waals surface area contributed by atoms with Crippen LogP contribution in [-0.4, -0.2) is 17.3 Å². The van der Waals surface area contributed by atoms with Crippen LogP contribution in [-0.2, 0) is 0 Å². The maximum absolute atomic E-state index is 13.1. The lowest BCUT2D eigenvalue weighted by atomic mass is 10.00. The molecule has 0 heterocycles. The fourth-order valence-electron chi connectivity index (χ4n) is 1.74. The van der Waals surface area contributed by atoms with Crippen molar-refractivity contribution in [3.8, 4) is 11.1 Å². The number of hydrogen-bond acceptors (Lipinski definition) is 2. The van der Waals surface area contributed by atoms with E-state index in [4.69, 9.17) is 5.11 Å². The lowest BCUT2D eigenvalue weighted by Crippen LogP contribution is -2.00. The summed E-state index contributed by atoms with van der Waals surface area (Å²) in [6.45, 7) is 0. The predicted molar refractivity (Wildman–Crippen MR) is 70.6 cm³/mol. The number of hydrogen-bond donors (Lipinski definition) is 1. The Hall–Kier alpha value is -1.81. The Morgan fingerprint density at radius 3 is 2.67 bits per heavy atom. The molecule has 2 rings (SSSR count). The van der Waals surface area contributed by atoms with Gasteiger partial charge < -0.3 is 5.11 Å². The summed E-state index contributed by atoms with van der Waals surface area (Å²) in [6, 6.07) is 11.3. The SMILES string of the molecule is CSc1cccc(-c2ccc(F)cc2C(=O)O)c1. The quantitative estimate of drug-likeness (QED) is 0.852. The number of benzene rings is 2. The molecule has 0 unspecified atom stereocenters. The normalized spacial score (nSPS) is 10.3. The van der Waals surface area contributed by atoms with Crippen LogP contribution < -0.4 is 0 Å². The summed E-state index contributed by atoms with van der Waals surface area (Å²) >= 11 is 1.57. The Morgan fingerprint density at radius 1 is 1.22 bits per heavy atom. The van der Waals surface area contributed by atoms with Crippen molar-refractivity contribution >= 4 is 17.7 Å². The van der Waals surface area contributed by atoms with Gasteiger partial charge in [0.15, 0.2) is 0 Å². The first-order valence-electron chi connectivity index (χ1n) is 5.29. The fourth-order valence-corrected chi connectivity index (χ4v) is 2.20. The number of halogens is 1. The zero-order valence-corrected chi connectivity index (χ0v) is 10.5. The Balaban J connectivity index is 2.59. The van der Waals surface area contributed by atoms with Gasteiger partial charge in [-0.1, -0.05) is 18.2 Å². The molecule has 4 heteroatoms. The number of aromatic carboxylic acids is 1. The Morgan fingerprint density at radius 2 is 2.00 bits per heavy atom. The van der Waals surface area contributed by atoms with Gasteiger partial charge in [0.1, 0.15) is 5.82 Å². The second kappa shape index (κ2) is 5.23. The van der Waals surface area contributed by atoms with Crippen LogP contribution in [0, 0.1) is 5.82 Å². The van der Waals surface area contributed by atoms with E-state index in [0.29, 0.717) is 5.56 Å². The Labute approximate surface area is 108 Å². The van der Waals surface area contributed by atoms with Crippen LogP contribution in [0.3, 0.4) is 0 Å². The molecule has 0 aliphatic heterocycles. The highest BCUT2D eigenvalue weighted by molar-refractivity contribution is 7.98. The molecule has 1 N–H and O–H groups in total. The number of carboxylic acid groups (broad SMARTS) is 1. The molecule has 0 aliphatic carbocycles. The number of carbonyl (C=O) groups is 1. The van der Waals surface area contributed by atoms with Crippen molar-refractivity contribution in [2.75, 3.05) is 6.26 Å². The highest BCUT2D eigenvalue weighted by atomic mass is 32.2. The number of carboxylic acids is 1. The lowest BCUT2D eigenvalue weighted by molar-refractivity contribution is 0.0697. The number of thioether (sulfide) groups is 1. The molecule has 0 amide bonds. The second-order valence-electron chi connectivity index (χ2n) is 3.73. The fraction of sp³-hybridized carbons (Fsp3) is 0.0714. The molecule has 0 saturated heterocycles. The van der Waals surface area contributed by atoms with Crippen molar-refractivity contribution in [2.24, 2.45) is 0 Å². The van der Waals surface area contributed by atoms with E-state index in [-0.39, 0.29) is 5.56 Å². The molecular formula is C14H11FO2S. The minimum absolute atomic E-state index is 0.0201. The summed E-state index contributed by atoms with van der Waals surface area (Å²) in [5.41, 5.74) is 1.28. The first-order chi connectivity index (χ1) is 8.61. The van der Waals surface area contributed by atoms with E-state index >= 15 is 0 Å². The van der Waals surface area contributed by atoms with Crippen molar-refractivity contribution < 1.29 is 14.3 Å². The molecule has 0 aliphatic rings. The minimum Gasteiger partial charge on any atom is -0.478 e. The lowest BCUT2D eigenvalue weighted by Gasteiger charge is -2.07. The van der Waals surface area contributed by atoms with Crippen LogP contribution >= 0.6 is 11.8 Å². The largest absolute Gasteiger partial charge is 0.478 e. The van der Waals surface area contributed by atoms with E-state index in [9.17, 15) is 9.18 Å². The van der Waals surface area contributed by atoms with Crippen LogP contribution in [0.25, 0.3) is 11.1 Å². The van der Waals surface area contributed by atoms with Crippen LogP contribution in [0.2, 0.25) is 0 Å². The van der Waals surface area contributed by atoms with Gasteiger partial charge in [-0.2, -0.15) is 0 Å². The summed E-state index contributed by atoms with van der Waals surface area (Å²) in [5, 5.41) is 9.11. The van der Waals surface area contributed by atoms with Gasteiger partial charge in [-0.25, -0.2) is 9.18 Å². The molecule has 18 heavy (non-hydrogen) atoms. The first kappa shape index (κ1) is 12.6. The third-order valence-electron chi connectivity index (χ3n) is 2.59.